The maximum absolute atomic E-state index is 4.81. The van der Waals surface area contributed by atoms with Gasteiger partial charge in [0.15, 0.2) is 0 Å². The molecule has 0 bridgehead atoms. The van der Waals surface area contributed by atoms with Crippen LogP contribution in [0.5, 0.6) is 0 Å². The first-order valence-corrected chi connectivity index (χ1v) is 18.4. The van der Waals surface area contributed by atoms with E-state index in [1.807, 2.05) is 0 Å². The van der Waals surface area contributed by atoms with Crippen LogP contribution < -0.4 is 0 Å². The van der Waals surface area contributed by atoms with Crippen molar-refractivity contribution in [1.29, 1.82) is 0 Å². The van der Waals surface area contributed by atoms with E-state index in [4.69, 9.17) is 8.75 Å². The zero-order valence-corrected chi connectivity index (χ0v) is 26.7. The minimum Gasteiger partial charge on any atom is -0.172 e. The third kappa shape index (κ3) is 3.94. The molecule has 0 radical (unpaired) electrons. The summed E-state index contributed by atoms with van der Waals surface area (Å²) in [5, 5.41) is 2.74. The van der Waals surface area contributed by atoms with Gasteiger partial charge in [0, 0.05) is 20.1 Å². The van der Waals surface area contributed by atoms with Crippen LogP contribution in [-0.2, 0) is 0 Å². The summed E-state index contributed by atoms with van der Waals surface area (Å²) in [6.07, 6.45) is 0. The Morgan fingerprint density at radius 2 is 0.897 bits per heavy atom. The molecule has 0 amide bonds. The van der Waals surface area contributed by atoms with Crippen molar-refractivity contribution in [3.63, 3.8) is 0 Å². The molecule has 0 unspecified atom stereocenters. The highest BCUT2D eigenvalue weighted by Crippen LogP contribution is 2.57. The first-order valence-electron chi connectivity index (χ1n) is 12.4. The van der Waals surface area contributed by atoms with Gasteiger partial charge >= 0.3 is 0 Å². The van der Waals surface area contributed by atoms with Gasteiger partial charge in [-0.05, 0) is 76.7 Å². The molecule has 0 saturated carbocycles. The lowest BCUT2D eigenvalue weighted by Crippen LogP contribution is -2.29. The highest BCUT2D eigenvalue weighted by molar-refractivity contribution is 9.11. The van der Waals surface area contributed by atoms with Crippen LogP contribution in [0.4, 0.5) is 0 Å². The van der Waals surface area contributed by atoms with E-state index in [1.165, 1.54) is 56.1 Å². The van der Waals surface area contributed by atoms with E-state index in [0.29, 0.717) is 0 Å². The van der Waals surface area contributed by atoms with Crippen molar-refractivity contribution in [2.24, 2.45) is 0 Å². The fourth-order valence-electron chi connectivity index (χ4n) is 5.81. The standard InChI is InChI=1S/C30H20Br2N4S2Si/c1-39(2)29(19-13-15-21(31)27-25(19)33-37-35-27)23(17-9-5-3-6-10-17)24(18-11-7-4-8-12-18)30(39)20-14-16-22(32)28-26(20)34-38-36-28/h3-16H,1-2H3. The van der Waals surface area contributed by atoms with Crippen LogP contribution in [-0.4, -0.2) is 25.6 Å². The molecule has 0 aliphatic carbocycles. The third-order valence-corrected chi connectivity index (χ3v) is 13.3. The number of aromatic nitrogens is 4. The largest absolute Gasteiger partial charge is 0.172 e. The first kappa shape index (κ1) is 25.2. The molecule has 4 aromatic carbocycles. The second kappa shape index (κ2) is 9.67. The summed E-state index contributed by atoms with van der Waals surface area (Å²) in [6, 6.07) is 30.2. The van der Waals surface area contributed by atoms with Gasteiger partial charge in [0.1, 0.15) is 30.1 Å². The van der Waals surface area contributed by atoms with E-state index in [9.17, 15) is 0 Å². The van der Waals surface area contributed by atoms with Crippen molar-refractivity contribution in [3.05, 3.63) is 116 Å². The summed E-state index contributed by atoms with van der Waals surface area (Å²) < 4.78 is 20.8. The van der Waals surface area contributed by atoms with Crippen LogP contribution in [0.25, 0.3) is 43.6 Å². The average Bonchev–Trinajstić information content (AvgIpc) is 3.69. The molecule has 0 atom stereocenters. The molecule has 2 aromatic heterocycles. The number of nitrogens with zero attached hydrogens (tertiary/aromatic N) is 4. The minimum atomic E-state index is -2.39. The number of benzene rings is 4. The van der Waals surface area contributed by atoms with Gasteiger partial charge in [0.05, 0.1) is 23.5 Å². The highest BCUT2D eigenvalue weighted by Gasteiger charge is 2.45. The molecule has 9 heteroatoms. The number of halogens is 2. The van der Waals surface area contributed by atoms with Crippen molar-refractivity contribution in [2.45, 2.75) is 13.1 Å². The summed E-state index contributed by atoms with van der Waals surface area (Å²) in [4.78, 5) is 0. The second-order valence-electron chi connectivity index (χ2n) is 9.97. The smallest absolute Gasteiger partial charge is 0.119 e. The lowest BCUT2D eigenvalue weighted by Gasteiger charge is -2.27. The van der Waals surface area contributed by atoms with E-state index in [-0.39, 0.29) is 0 Å². The highest BCUT2D eigenvalue weighted by atomic mass is 79.9. The number of allylic oxidation sites excluding steroid dienone is 2. The summed E-state index contributed by atoms with van der Waals surface area (Å²) in [7, 11) is -2.39. The molecule has 1 aliphatic heterocycles. The Kier molecular flexibility index (Phi) is 6.24. The average molecular weight is 689 g/mol. The van der Waals surface area contributed by atoms with Crippen molar-refractivity contribution >= 4 is 107 Å². The predicted molar refractivity (Wildman–Crippen MR) is 174 cm³/mol. The Hall–Kier alpha value is -2.82. The SMILES string of the molecule is C[Si]1(C)C(c2ccc(Br)c3nsnc23)=C(c2ccccc2)C(c2ccccc2)=C1c1ccc(Br)c2nsnc12. The van der Waals surface area contributed by atoms with Gasteiger partial charge in [-0.25, -0.2) is 0 Å². The molecule has 39 heavy (non-hydrogen) atoms. The molecule has 4 nitrogen and oxygen atoms in total. The monoisotopic (exact) mass is 686 g/mol. The van der Waals surface area contributed by atoms with Crippen molar-refractivity contribution in [2.75, 3.05) is 0 Å². The van der Waals surface area contributed by atoms with Gasteiger partial charge in [-0.1, -0.05) is 85.9 Å². The molecular formula is C30H20Br2N4S2Si. The van der Waals surface area contributed by atoms with Gasteiger partial charge in [-0.15, -0.1) is 0 Å². The Morgan fingerprint density at radius 3 is 1.31 bits per heavy atom. The number of hydrogen-bond acceptors (Lipinski definition) is 6. The van der Waals surface area contributed by atoms with Gasteiger partial charge in [0.2, 0.25) is 0 Å². The van der Waals surface area contributed by atoms with Gasteiger partial charge in [-0.3, -0.25) is 0 Å². The van der Waals surface area contributed by atoms with E-state index in [0.717, 1.165) is 42.1 Å². The Morgan fingerprint density at radius 1 is 0.513 bits per heavy atom. The maximum Gasteiger partial charge on any atom is 0.119 e. The number of fused-ring (bicyclic) bond motifs is 2. The van der Waals surface area contributed by atoms with Crippen LogP contribution in [0.3, 0.4) is 0 Å². The summed E-state index contributed by atoms with van der Waals surface area (Å²) in [5.41, 5.74) is 11.0. The fourth-order valence-corrected chi connectivity index (χ4v) is 11.8. The first-order chi connectivity index (χ1) is 19.0. The van der Waals surface area contributed by atoms with Crippen molar-refractivity contribution in [3.8, 4) is 0 Å². The Balaban J connectivity index is 1.66. The Labute approximate surface area is 252 Å². The maximum atomic E-state index is 4.81. The molecule has 0 N–H and O–H groups in total. The van der Waals surface area contributed by atoms with Crippen LogP contribution in [0.1, 0.15) is 22.3 Å². The van der Waals surface area contributed by atoms with Crippen LogP contribution >= 0.6 is 55.3 Å². The second-order valence-corrected chi connectivity index (χ2v) is 17.0. The third-order valence-electron chi connectivity index (χ3n) is 7.40. The van der Waals surface area contributed by atoms with Crippen LogP contribution in [0.15, 0.2) is 93.9 Å². The fraction of sp³-hybridized carbons (Fsp3) is 0.0667. The van der Waals surface area contributed by atoms with Crippen LogP contribution in [0.2, 0.25) is 13.1 Å². The molecule has 0 spiro atoms. The molecular weight excluding hydrogens is 668 g/mol. The van der Waals surface area contributed by atoms with Crippen LogP contribution in [0, 0.1) is 0 Å². The van der Waals surface area contributed by atoms with Gasteiger partial charge in [0.25, 0.3) is 0 Å². The molecule has 1 aliphatic rings. The molecule has 0 fully saturated rings. The lowest BCUT2D eigenvalue weighted by atomic mass is 9.89. The van der Waals surface area contributed by atoms with E-state index >= 15 is 0 Å². The molecule has 7 rings (SSSR count). The van der Waals surface area contributed by atoms with Crippen molar-refractivity contribution < 1.29 is 0 Å². The summed E-state index contributed by atoms with van der Waals surface area (Å²) in [6.45, 7) is 4.91. The van der Waals surface area contributed by atoms with Crippen molar-refractivity contribution in [1.82, 2.24) is 17.5 Å². The molecule has 0 saturated heterocycles. The quantitative estimate of drug-likeness (QED) is 0.173. The van der Waals surface area contributed by atoms with E-state index in [1.54, 1.807) is 0 Å². The van der Waals surface area contributed by atoms with E-state index < -0.39 is 8.07 Å². The Bertz CT molecular complexity index is 1820. The van der Waals surface area contributed by atoms with E-state index in [2.05, 4.69) is 139 Å². The normalized spacial score (nSPS) is 15.2. The molecule has 3 heterocycles. The number of rotatable bonds is 4. The summed E-state index contributed by atoms with van der Waals surface area (Å²) in [5.74, 6) is 0. The topological polar surface area (TPSA) is 51.6 Å². The van der Waals surface area contributed by atoms with Gasteiger partial charge < -0.3 is 0 Å². The minimum absolute atomic E-state index is 0.909. The molecule has 6 aromatic rings. The number of hydrogen-bond donors (Lipinski definition) is 0. The summed E-state index contributed by atoms with van der Waals surface area (Å²) >= 11 is 9.94. The van der Waals surface area contributed by atoms with Gasteiger partial charge in [-0.2, -0.15) is 17.5 Å². The zero-order valence-electron chi connectivity index (χ0n) is 20.9. The zero-order chi connectivity index (χ0) is 26.7. The predicted octanol–water partition coefficient (Wildman–Crippen LogP) is 9.54. The molecule has 190 valence electrons. The lowest BCUT2D eigenvalue weighted by molar-refractivity contribution is 1.56.